The van der Waals surface area contributed by atoms with Gasteiger partial charge in [0.1, 0.15) is 0 Å². The van der Waals surface area contributed by atoms with E-state index in [9.17, 15) is 15.0 Å². The van der Waals surface area contributed by atoms with Crippen LogP contribution in [-0.2, 0) is 0 Å². The predicted octanol–water partition coefficient (Wildman–Crippen LogP) is 7.39. The second-order valence-corrected chi connectivity index (χ2v) is 11.6. The van der Waals surface area contributed by atoms with Gasteiger partial charge in [0, 0.05) is 38.6 Å². The van der Waals surface area contributed by atoms with E-state index < -0.39 is 11.6 Å². The molecule has 2 heterocycles. The molecule has 4 nitrogen and oxygen atoms in total. The fourth-order valence-corrected chi connectivity index (χ4v) is 6.40. The summed E-state index contributed by atoms with van der Waals surface area (Å²) >= 11 is 7.86. The Hall–Kier alpha value is -2.08. The SMILES string of the molecule is Cc1sc2cc(Cl)ccc2c1-c1ccc(N2CCC[C@H](CCCC(C)(C)O)C2)c(C(=O)O)c1. The van der Waals surface area contributed by atoms with Crippen LogP contribution < -0.4 is 4.90 Å². The van der Waals surface area contributed by atoms with Crippen molar-refractivity contribution in [1.82, 2.24) is 0 Å². The molecular formula is C27H32ClNO3S. The van der Waals surface area contributed by atoms with Crippen LogP contribution >= 0.6 is 22.9 Å². The van der Waals surface area contributed by atoms with Gasteiger partial charge in [-0.15, -0.1) is 11.3 Å². The average Bonchev–Trinajstić information content (AvgIpc) is 3.07. The van der Waals surface area contributed by atoms with Gasteiger partial charge in [-0.1, -0.05) is 30.2 Å². The number of aryl methyl sites for hydroxylation is 1. The molecule has 3 aromatic rings. The van der Waals surface area contributed by atoms with Gasteiger partial charge in [0.2, 0.25) is 0 Å². The van der Waals surface area contributed by atoms with Crippen LogP contribution in [0, 0.1) is 12.8 Å². The van der Waals surface area contributed by atoms with E-state index in [1.807, 2.05) is 44.2 Å². The number of aromatic carboxylic acids is 1. The maximum Gasteiger partial charge on any atom is 0.337 e. The third-order valence-electron chi connectivity index (χ3n) is 6.60. The van der Waals surface area contributed by atoms with E-state index in [0.29, 0.717) is 16.5 Å². The van der Waals surface area contributed by atoms with Crippen molar-refractivity contribution < 1.29 is 15.0 Å². The smallest absolute Gasteiger partial charge is 0.337 e. The summed E-state index contributed by atoms with van der Waals surface area (Å²) in [4.78, 5) is 15.7. The van der Waals surface area contributed by atoms with Gasteiger partial charge in [0.25, 0.3) is 0 Å². The van der Waals surface area contributed by atoms with E-state index >= 15 is 0 Å². The molecule has 1 aliphatic rings. The number of aliphatic hydroxyl groups is 1. The lowest BCUT2D eigenvalue weighted by atomic mass is 9.89. The maximum absolute atomic E-state index is 12.3. The van der Waals surface area contributed by atoms with Crippen LogP contribution in [0.1, 0.15) is 61.2 Å². The molecule has 1 aromatic heterocycles. The molecule has 1 fully saturated rings. The first-order chi connectivity index (χ1) is 15.6. The van der Waals surface area contributed by atoms with Crippen LogP contribution in [0.25, 0.3) is 21.2 Å². The maximum atomic E-state index is 12.3. The largest absolute Gasteiger partial charge is 0.478 e. The zero-order valence-corrected chi connectivity index (χ0v) is 21.1. The van der Waals surface area contributed by atoms with Crippen molar-refractivity contribution in [3.05, 3.63) is 51.9 Å². The first-order valence-corrected chi connectivity index (χ1v) is 12.9. The van der Waals surface area contributed by atoms with Crippen LogP contribution in [0.3, 0.4) is 0 Å². The fourth-order valence-electron chi connectivity index (χ4n) is 5.03. The van der Waals surface area contributed by atoms with Gasteiger partial charge >= 0.3 is 5.97 Å². The van der Waals surface area contributed by atoms with Gasteiger partial charge in [-0.2, -0.15) is 0 Å². The molecule has 4 rings (SSSR count). The normalized spacial score (nSPS) is 17.0. The van der Waals surface area contributed by atoms with Crippen molar-refractivity contribution in [2.24, 2.45) is 5.92 Å². The Morgan fingerprint density at radius 3 is 2.76 bits per heavy atom. The Balaban J connectivity index is 1.61. The van der Waals surface area contributed by atoms with Gasteiger partial charge in [-0.05, 0) is 82.2 Å². The lowest BCUT2D eigenvalue weighted by Gasteiger charge is -2.35. The molecule has 1 atom stereocenters. The number of halogens is 1. The average molecular weight is 486 g/mol. The highest BCUT2D eigenvalue weighted by atomic mass is 35.5. The van der Waals surface area contributed by atoms with Gasteiger partial charge in [0.05, 0.1) is 16.9 Å². The van der Waals surface area contributed by atoms with Crippen LogP contribution in [0.2, 0.25) is 5.02 Å². The zero-order chi connectivity index (χ0) is 23.8. The number of carboxylic acids is 1. The van der Waals surface area contributed by atoms with Crippen molar-refractivity contribution >= 4 is 44.7 Å². The number of hydrogen-bond acceptors (Lipinski definition) is 4. The van der Waals surface area contributed by atoms with Crippen LogP contribution in [0.4, 0.5) is 5.69 Å². The Morgan fingerprint density at radius 1 is 1.24 bits per heavy atom. The molecule has 2 N–H and O–H groups in total. The molecule has 33 heavy (non-hydrogen) atoms. The molecule has 0 amide bonds. The first-order valence-electron chi connectivity index (χ1n) is 11.7. The van der Waals surface area contributed by atoms with E-state index in [4.69, 9.17) is 11.6 Å². The van der Waals surface area contributed by atoms with Gasteiger partial charge in [-0.3, -0.25) is 0 Å². The van der Waals surface area contributed by atoms with Crippen molar-refractivity contribution in [3.63, 3.8) is 0 Å². The summed E-state index contributed by atoms with van der Waals surface area (Å²) in [6, 6.07) is 11.8. The van der Waals surface area contributed by atoms with Crippen molar-refractivity contribution in [2.75, 3.05) is 18.0 Å². The number of carboxylic acid groups (broad SMARTS) is 1. The molecule has 0 unspecified atom stereocenters. The topological polar surface area (TPSA) is 60.8 Å². The lowest BCUT2D eigenvalue weighted by molar-refractivity contribution is 0.0662. The van der Waals surface area contributed by atoms with Crippen molar-refractivity contribution in [3.8, 4) is 11.1 Å². The van der Waals surface area contributed by atoms with E-state index in [1.54, 1.807) is 11.3 Å². The molecule has 0 saturated carbocycles. The molecule has 0 spiro atoms. The minimum atomic E-state index is -0.892. The number of anilines is 1. The third kappa shape index (κ3) is 5.53. The fraction of sp³-hybridized carbons (Fsp3) is 0.444. The minimum absolute atomic E-state index is 0.359. The highest BCUT2D eigenvalue weighted by Gasteiger charge is 2.25. The standard InChI is InChI=1S/C27H32ClNO3S/c1-17-25(21-10-9-20(28)15-24(21)33-17)19-8-11-23(22(14-19)26(30)31)29-13-5-7-18(16-29)6-4-12-27(2,3)32/h8-11,14-15,18,32H,4-7,12-13,16H2,1-3H3,(H,30,31)/t18-/m0/s1. The summed E-state index contributed by atoms with van der Waals surface area (Å²) < 4.78 is 1.11. The van der Waals surface area contributed by atoms with Crippen molar-refractivity contribution in [2.45, 2.75) is 58.5 Å². The molecule has 0 aliphatic carbocycles. The number of benzene rings is 2. The molecule has 2 aromatic carbocycles. The Labute approximate surface area is 204 Å². The Bertz CT molecular complexity index is 1160. The quantitative estimate of drug-likeness (QED) is 0.366. The highest BCUT2D eigenvalue weighted by Crippen LogP contribution is 2.41. The number of hydrogen-bond donors (Lipinski definition) is 2. The predicted molar refractivity (Wildman–Crippen MR) is 139 cm³/mol. The van der Waals surface area contributed by atoms with Gasteiger partial charge in [0.15, 0.2) is 0 Å². The molecule has 0 radical (unpaired) electrons. The van der Waals surface area contributed by atoms with E-state index in [0.717, 1.165) is 77.0 Å². The first kappa shape index (κ1) is 24.1. The van der Waals surface area contributed by atoms with Crippen LogP contribution in [0.15, 0.2) is 36.4 Å². The monoisotopic (exact) mass is 485 g/mol. The van der Waals surface area contributed by atoms with E-state index in [-0.39, 0.29) is 0 Å². The van der Waals surface area contributed by atoms with E-state index in [1.165, 1.54) is 0 Å². The number of fused-ring (bicyclic) bond motifs is 1. The second-order valence-electron chi connectivity index (χ2n) is 9.87. The number of rotatable bonds is 7. The summed E-state index contributed by atoms with van der Waals surface area (Å²) in [7, 11) is 0. The zero-order valence-electron chi connectivity index (χ0n) is 19.5. The number of carbonyl (C=O) groups is 1. The van der Waals surface area contributed by atoms with Crippen LogP contribution in [-0.4, -0.2) is 34.9 Å². The van der Waals surface area contributed by atoms with Crippen LogP contribution in [0.5, 0.6) is 0 Å². The number of piperidine rings is 1. The molecular weight excluding hydrogens is 454 g/mol. The summed E-state index contributed by atoms with van der Waals surface area (Å²) in [5.41, 5.74) is 2.55. The Kier molecular flexibility index (Phi) is 7.04. The second kappa shape index (κ2) is 9.65. The summed E-state index contributed by atoms with van der Waals surface area (Å²) in [5, 5.41) is 21.9. The molecule has 6 heteroatoms. The Morgan fingerprint density at radius 2 is 2.03 bits per heavy atom. The third-order valence-corrected chi connectivity index (χ3v) is 7.91. The number of thiophene rings is 1. The minimum Gasteiger partial charge on any atom is -0.478 e. The van der Waals surface area contributed by atoms with Gasteiger partial charge in [-0.25, -0.2) is 4.79 Å². The van der Waals surface area contributed by atoms with E-state index in [2.05, 4.69) is 17.9 Å². The molecule has 0 bridgehead atoms. The number of nitrogens with zero attached hydrogens (tertiary/aromatic N) is 1. The summed E-state index contributed by atoms with van der Waals surface area (Å²) in [6.07, 6.45) is 5.05. The molecule has 1 saturated heterocycles. The summed E-state index contributed by atoms with van der Waals surface area (Å²) in [6.45, 7) is 7.53. The van der Waals surface area contributed by atoms with Crippen molar-refractivity contribution in [1.29, 1.82) is 0 Å². The highest BCUT2D eigenvalue weighted by molar-refractivity contribution is 7.19. The summed E-state index contributed by atoms with van der Waals surface area (Å²) in [5.74, 6) is -0.369. The van der Waals surface area contributed by atoms with Gasteiger partial charge < -0.3 is 15.1 Å². The molecule has 176 valence electrons. The lowest BCUT2D eigenvalue weighted by Crippen LogP contribution is -2.36. The molecule has 1 aliphatic heterocycles.